The van der Waals surface area contributed by atoms with Gasteiger partial charge >= 0.3 is 0 Å². The Morgan fingerprint density at radius 2 is 1.71 bits per heavy atom. The Morgan fingerprint density at radius 1 is 1.00 bits per heavy atom. The van der Waals surface area contributed by atoms with Gasteiger partial charge in [0.25, 0.3) is 0 Å². The van der Waals surface area contributed by atoms with Gasteiger partial charge in [0, 0.05) is 37.7 Å². The first-order valence-electron chi connectivity index (χ1n) is 9.92. The molecule has 1 fully saturated rings. The topological polar surface area (TPSA) is 70.2 Å². The summed E-state index contributed by atoms with van der Waals surface area (Å²) in [4.78, 5) is 24.2. The van der Waals surface area contributed by atoms with E-state index in [0.29, 0.717) is 13.0 Å². The third kappa shape index (κ3) is 3.15. The van der Waals surface area contributed by atoms with Crippen LogP contribution in [0, 0.1) is 0 Å². The molecule has 2 N–H and O–H groups in total. The summed E-state index contributed by atoms with van der Waals surface area (Å²) in [7, 11) is 0. The van der Waals surface area contributed by atoms with E-state index in [1.165, 1.54) is 18.4 Å². The average Bonchev–Trinajstić information content (AvgIpc) is 3.26. The number of nitrogens with zero attached hydrogens (tertiary/aromatic N) is 3. The summed E-state index contributed by atoms with van der Waals surface area (Å²) >= 11 is 0. The highest BCUT2D eigenvalue weighted by Gasteiger charge is 2.26. The minimum atomic E-state index is 0.0647. The molecule has 0 radical (unpaired) electrons. The number of hydrogen-bond acceptors (Lipinski definition) is 5. The van der Waals surface area contributed by atoms with Crippen LogP contribution in [0.25, 0.3) is 11.0 Å². The van der Waals surface area contributed by atoms with E-state index in [4.69, 9.17) is 9.97 Å². The number of hydrogen-bond donors (Lipinski definition) is 2. The number of carbonyl (C=O) groups is 1. The molecular formula is C22H23N5O. The van der Waals surface area contributed by atoms with Crippen LogP contribution in [0.1, 0.15) is 30.7 Å². The van der Waals surface area contributed by atoms with E-state index in [1.54, 1.807) is 0 Å². The summed E-state index contributed by atoms with van der Waals surface area (Å²) in [6.45, 7) is 2.67. The van der Waals surface area contributed by atoms with Gasteiger partial charge in [0.15, 0.2) is 11.6 Å². The predicted octanol–water partition coefficient (Wildman–Crippen LogP) is 3.77. The fraction of sp³-hybridized carbons (Fsp3) is 0.318. The van der Waals surface area contributed by atoms with Gasteiger partial charge in [-0.15, -0.1) is 0 Å². The molecule has 3 heterocycles. The Balaban J connectivity index is 1.46. The lowest BCUT2D eigenvalue weighted by Gasteiger charge is -2.27. The lowest BCUT2D eigenvalue weighted by molar-refractivity contribution is -0.116. The minimum absolute atomic E-state index is 0.0647. The number of aromatic nitrogens is 2. The van der Waals surface area contributed by atoms with E-state index in [0.717, 1.165) is 41.4 Å². The van der Waals surface area contributed by atoms with Gasteiger partial charge in [0.05, 0.1) is 11.0 Å². The van der Waals surface area contributed by atoms with Crippen molar-refractivity contribution in [1.82, 2.24) is 9.97 Å². The van der Waals surface area contributed by atoms with E-state index in [-0.39, 0.29) is 11.8 Å². The molecular weight excluding hydrogens is 350 g/mol. The standard InChI is InChI=1S/C22H23N5O/c28-20-13-15(16-7-1-2-8-17(16)24-20)14-23-21-22(27-11-5-6-12-27)26-19-10-4-3-9-18(19)25-21/h1-4,7-10,15H,5-6,11-14H2,(H,23,25)(H,24,28). The monoisotopic (exact) mass is 373 g/mol. The number of fused-ring (bicyclic) bond motifs is 2. The van der Waals surface area contributed by atoms with E-state index >= 15 is 0 Å². The van der Waals surface area contributed by atoms with Crippen molar-refractivity contribution in [2.45, 2.75) is 25.2 Å². The first-order chi connectivity index (χ1) is 13.8. The van der Waals surface area contributed by atoms with Gasteiger partial charge in [-0.2, -0.15) is 0 Å². The van der Waals surface area contributed by atoms with Crippen molar-refractivity contribution in [2.75, 3.05) is 35.2 Å². The smallest absolute Gasteiger partial charge is 0.225 e. The summed E-state index contributed by atoms with van der Waals surface area (Å²) in [5.41, 5.74) is 3.88. The van der Waals surface area contributed by atoms with Gasteiger partial charge in [-0.25, -0.2) is 9.97 Å². The average molecular weight is 373 g/mol. The van der Waals surface area contributed by atoms with Gasteiger partial charge in [-0.3, -0.25) is 4.79 Å². The quantitative estimate of drug-likeness (QED) is 0.729. The van der Waals surface area contributed by atoms with Crippen LogP contribution in [0.3, 0.4) is 0 Å². The number of anilines is 3. The van der Waals surface area contributed by atoms with Gasteiger partial charge in [-0.05, 0) is 36.6 Å². The van der Waals surface area contributed by atoms with E-state index < -0.39 is 0 Å². The van der Waals surface area contributed by atoms with Crippen LogP contribution < -0.4 is 15.5 Å². The second-order valence-corrected chi connectivity index (χ2v) is 7.50. The fourth-order valence-corrected chi connectivity index (χ4v) is 4.16. The molecule has 1 saturated heterocycles. The molecule has 0 saturated carbocycles. The second-order valence-electron chi connectivity index (χ2n) is 7.50. The summed E-state index contributed by atoms with van der Waals surface area (Å²) < 4.78 is 0. The van der Waals surface area contributed by atoms with Crippen LogP contribution in [0.4, 0.5) is 17.3 Å². The third-order valence-corrected chi connectivity index (χ3v) is 5.58. The van der Waals surface area contributed by atoms with Gasteiger partial charge < -0.3 is 15.5 Å². The van der Waals surface area contributed by atoms with Crippen LogP contribution in [-0.4, -0.2) is 35.5 Å². The van der Waals surface area contributed by atoms with Crippen molar-refractivity contribution < 1.29 is 4.79 Å². The van der Waals surface area contributed by atoms with Crippen LogP contribution in [0.5, 0.6) is 0 Å². The number of rotatable bonds is 4. The SMILES string of the molecule is O=C1CC(CNc2nc3ccccc3nc2N2CCCC2)c2ccccc2N1. The molecule has 6 nitrogen and oxygen atoms in total. The van der Waals surface area contributed by atoms with Crippen molar-refractivity contribution in [3.8, 4) is 0 Å². The molecule has 1 amide bonds. The minimum Gasteiger partial charge on any atom is -0.366 e. The molecule has 1 atom stereocenters. The molecule has 3 aromatic rings. The zero-order valence-corrected chi connectivity index (χ0v) is 15.7. The van der Waals surface area contributed by atoms with E-state index in [2.05, 4.69) is 21.6 Å². The molecule has 6 heteroatoms. The first-order valence-corrected chi connectivity index (χ1v) is 9.92. The van der Waals surface area contributed by atoms with Crippen molar-refractivity contribution in [2.24, 2.45) is 0 Å². The van der Waals surface area contributed by atoms with Crippen LogP contribution in [0.2, 0.25) is 0 Å². The lowest BCUT2D eigenvalue weighted by atomic mass is 9.90. The van der Waals surface area contributed by atoms with Gasteiger partial charge in [-0.1, -0.05) is 30.3 Å². The van der Waals surface area contributed by atoms with Crippen molar-refractivity contribution in [3.63, 3.8) is 0 Å². The van der Waals surface area contributed by atoms with Gasteiger partial charge in [0.1, 0.15) is 0 Å². The molecule has 142 valence electrons. The third-order valence-electron chi connectivity index (χ3n) is 5.58. The number of carbonyl (C=O) groups excluding carboxylic acids is 1. The molecule has 0 aliphatic carbocycles. The lowest BCUT2D eigenvalue weighted by Crippen LogP contribution is -2.28. The number of amides is 1. The molecule has 1 unspecified atom stereocenters. The van der Waals surface area contributed by atoms with E-state index in [9.17, 15) is 4.79 Å². The van der Waals surface area contributed by atoms with Crippen LogP contribution in [0.15, 0.2) is 48.5 Å². The molecule has 28 heavy (non-hydrogen) atoms. The highest BCUT2D eigenvalue weighted by Crippen LogP contribution is 2.33. The Morgan fingerprint density at radius 3 is 2.54 bits per heavy atom. The summed E-state index contributed by atoms with van der Waals surface area (Å²) in [6.07, 6.45) is 2.85. The summed E-state index contributed by atoms with van der Waals surface area (Å²) in [5, 5.41) is 6.48. The molecule has 0 spiro atoms. The van der Waals surface area contributed by atoms with E-state index in [1.807, 2.05) is 42.5 Å². The fourth-order valence-electron chi connectivity index (χ4n) is 4.16. The van der Waals surface area contributed by atoms with Crippen molar-refractivity contribution >= 4 is 34.3 Å². The zero-order chi connectivity index (χ0) is 18.9. The molecule has 0 bridgehead atoms. The normalized spacial score (nSPS) is 18.8. The number of para-hydroxylation sites is 3. The summed E-state index contributed by atoms with van der Waals surface area (Å²) in [6, 6.07) is 16.0. The second kappa shape index (κ2) is 7.11. The maximum absolute atomic E-state index is 12.1. The predicted molar refractivity (Wildman–Crippen MR) is 112 cm³/mol. The maximum atomic E-state index is 12.1. The Bertz CT molecular complexity index is 1030. The van der Waals surface area contributed by atoms with Crippen LogP contribution in [-0.2, 0) is 4.79 Å². The molecule has 2 aromatic carbocycles. The molecule has 2 aliphatic rings. The Labute approximate surface area is 164 Å². The van der Waals surface area contributed by atoms with Crippen molar-refractivity contribution in [3.05, 3.63) is 54.1 Å². The highest BCUT2D eigenvalue weighted by atomic mass is 16.1. The van der Waals surface area contributed by atoms with Gasteiger partial charge in [0.2, 0.25) is 5.91 Å². The number of nitrogens with one attached hydrogen (secondary N) is 2. The highest BCUT2D eigenvalue weighted by molar-refractivity contribution is 5.94. The number of benzene rings is 2. The zero-order valence-electron chi connectivity index (χ0n) is 15.7. The van der Waals surface area contributed by atoms with Crippen LogP contribution >= 0.6 is 0 Å². The Kier molecular flexibility index (Phi) is 4.31. The Hall–Kier alpha value is -3.15. The largest absolute Gasteiger partial charge is 0.366 e. The summed E-state index contributed by atoms with van der Waals surface area (Å²) in [5.74, 6) is 1.91. The maximum Gasteiger partial charge on any atom is 0.225 e. The van der Waals surface area contributed by atoms with Crippen molar-refractivity contribution in [1.29, 1.82) is 0 Å². The molecule has 1 aromatic heterocycles. The first kappa shape index (κ1) is 17.0. The molecule has 5 rings (SSSR count). The molecule has 2 aliphatic heterocycles.